The molecule has 1 saturated heterocycles. The molecule has 0 radical (unpaired) electrons. The van der Waals surface area contributed by atoms with Gasteiger partial charge in [-0.15, -0.1) is 0 Å². The van der Waals surface area contributed by atoms with Crippen LogP contribution < -0.4 is 5.32 Å². The van der Waals surface area contributed by atoms with E-state index in [9.17, 15) is 9.90 Å². The summed E-state index contributed by atoms with van der Waals surface area (Å²) in [6.07, 6.45) is 8.19. The second-order valence-corrected chi connectivity index (χ2v) is 7.81. The summed E-state index contributed by atoms with van der Waals surface area (Å²) in [5, 5.41) is 14.0. The molecule has 2 N–H and O–H groups in total. The third kappa shape index (κ3) is 8.72. The van der Waals surface area contributed by atoms with Gasteiger partial charge in [-0.2, -0.15) is 0 Å². The first-order chi connectivity index (χ1) is 13.7. The molecule has 1 amide bonds. The van der Waals surface area contributed by atoms with E-state index in [0.29, 0.717) is 26.2 Å². The van der Waals surface area contributed by atoms with Gasteiger partial charge in [-0.25, -0.2) is 0 Å². The van der Waals surface area contributed by atoms with Gasteiger partial charge in [0.2, 0.25) is 5.91 Å². The standard InChI is InChI=1S/C23H38N2O3/c1-2-3-4-5-6-7-11-14-22(26)24-21(19-25-15-17-28-18-16-25)23(27)20-12-9-8-10-13-20/h8-10,12-13,21,23,27H,2-7,11,14-19H2,1H3,(H,24,26)/t21-,23-/m1/s1. The van der Waals surface area contributed by atoms with Crippen molar-refractivity contribution in [1.29, 1.82) is 0 Å². The van der Waals surface area contributed by atoms with Crippen molar-refractivity contribution in [2.45, 2.75) is 70.4 Å². The van der Waals surface area contributed by atoms with Gasteiger partial charge in [0.15, 0.2) is 0 Å². The number of rotatable bonds is 13. The summed E-state index contributed by atoms with van der Waals surface area (Å²) in [4.78, 5) is 14.8. The van der Waals surface area contributed by atoms with Crippen molar-refractivity contribution < 1.29 is 14.6 Å². The Hall–Kier alpha value is -1.43. The van der Waals surface area contributed by atoms with Crippen molar-refractivity contribution in [3.63, 3.8) is 0 Å². The minimum atomic E-state index is -0.706. The number of nitrogens with zero attached hydrogens (tertiary/aromatic N) is 1. The average molecular weight is 391 g/mol. The molecule has 158 valence electrons. The number of carbonyl (C=O) groups excluding carboxylic acids is 1. The number of hydrogen-bond acceptors (Lipinski definition) is 4. The molecule has 1 heterocycles. The van der Waals surface area contributed by atoms with Crippen LogP contribution in [0.1, 0.15) is 70.0 Å². The Labute approximate surface area is 170 Å². The molecule has 0 bridgehead atoms. The molecule has 0 aliphatic carbocycles. The largest absolute Gasteiger partial charge is 0.386 e. The normalized spacial score (nSPS) is 17.2. The molecule has 2 atom stereocenters. The number of unbranched alkanes of at least 4 members (excludes halogenated alkanes) is 6. The minimum absolute atomic E-state index is 0.0433. The Balaban J connectivity index is 1.81. The third-order valence-electron chi connectivity index (χ3n) is 5.43. The lowest BCUT2D eigenvalue weighted by atomic mass is 10.0. The molecule has 28 heavy (non-hydrogen) atoms. The maximum Gasteiger partial charge on any atom is 0.220 e. The predicted molar refractivity (Wildman–Crippen MR) is 113 cm³/mol. The zero-order valence-electron chi connectivity index (χ0n) is 17.4. The van der Waals surface area contributed by atoms with E-state index in [1.165, 1.54) is 32.1 Å². The van der Waals surface area contributed by atoms with Crippen molar-refractivity contribution in [2.24, 2.45) is 0 Å². The smallest absolute Gasteiger partial charge is 0.220 e. The fourth-order valence-corrected chi connectivity index (χ4v) is 3.69. The van der Waals surface area contributed by atoms with Crippen molar-refractivity contribution in [2.75, 3.05) is 32.8 Å². The van der Waals surface area contributed by atoms with E-state index in [-0.39, 0.29) is 11.9 Å². The molecule has 0 aromatic heterocycles. The maximum absolute atomic E-state index is 12.5. The molecule has 5 heteroatoms. The average Bonchev–Trinajstić information content (AvgIpc) is 2.73. The summed E-state index contributed by atoms with van der Waals surface area (Å²) in [6.45, 7) is 5.96. The predicted octanol–water partition coefficient (Wildman–Crippen LogP) is 3.68. The molecule has 0 spiro atoms. The van der Waals surface area contributed by atoms with Gasteiger partial charge in [0.25, 0.3) is 0 Å². The summed E-state index contributed by atoms with van der Waals surface area (Å²) >= 11 is 0. The van der Waals surface area contributed by atoms with E-state index in [4.69, 9.17) is 4.74 Å². The van der Waals surface area contributed by atoms with E-state index < -0.39 is 6.10 Å². The fourth-order valence-electron chi connectivity index (χ4n) is 3.69. The summed E-state index contributed by atoms with van der Waals surface area (Å²) in [5.41, 5.74) is 0.844. The first-order valence-corrected chi connectivity index (χ1v) is 11.0. The molecular weight excluding hydrogens is 352 g/mol. The Kier molecular flexibility index (Phi) is 11.2. The number of morpholine rings is 1. The Morgan fingerprint density at radius 2 is 1.71 bits per heavy atom. The molecule has 1 aliphatic heterocycles. The number of aliphatic hydroxyl groups is 1. The van der Waals surface area contributed by atoms with Gasteiger partial charge >= 0.3 is 0 Å². The minimum Gasteiger partial charge on any atom is -0.386 e. The van der Waals surface area contributed by atoms with Crippen LogP contribution in [-0.4, -0.2) is 54.8 Å². The van der Waals surface area contributed by atoms with E-state index in [2.05, 4.69) is 17.1 Å². The zero-order chi connectivity index (χ0) is 20.0. The first kappa shape index (κ1) is 22.9. The van der Waals surface area contributed by atoms with Crippen molar-refractivity contribution in [1.82, 2.24) is 10.2 Å². The second kappa shape index (κ2) is 13.7. The SMILES string of the molecule is CCCCCCCCCC(=O)N[C@H](CN1CCOCC1)[C@H](O)c1ccccc1. The van der Waals surface area contributed by atoms with Crippen LogP contribution in [0.15, 0.2) is 30.3 Å². The maximum atomic E-state index is 12.5. The molecular formula is C23H38N2O3. The topological polar surface area (TPSA) is 61.8 Å². The Bertz CT molecular complexity index is 532. The quantitative estimate of drug-likeness (QED) is 0.505. The lowest BCUT2D eigenvalue weighted by Gasteiger charge is -2.33. The highest BCUT2D eigenvalue weighted by Crippen LogP contribution is 2.18. The molecule has 5 nitrogen and oxygen atoms in total. The number of carbonyl (C=O) groups is 1. The van der Waals surface area contributed by atoms with Crippen LogP contribution in [0.3, 0.4) is 0 Å². The third-order valence-corrected chi connectivity index (χ3v) is 5.43. The Morgan fingerprint density at radius 3 is 2.39 bits per heavy atom. The van der Waals surface area contributed by atoms with E-state index >= 15 is 0 Å². The highest BCUT2D eigenvalue weighted by Gasteiger charge is 2.26. The summed E-state index contributed by atoms with van der Waals surface area (Å²) < 4.78 is 5.42. The molecule has 2 rings (SSSR count). The van der Waals surface area contributed by atoms with Gasteiger partial charge in [0.1, 0.15) is 6.10 Å². The van der Waals surface area contributed by atoms with Crippen molar-refractivity contribution in [3.05, 3.63) is 35.9 Å². The van der Waals surface area contributed by atoms with Gasteiger partial charge in [-0.1, -0.05) is 75.8 Å². The molecule has 0 saturated carbocycles. The molecule has 1 aromatic carbocycles. The van der Waals surface area contributed by atoms with Gasteiger partial charge in [0.05, 0.1) is 19.3 Å². The second-order valence-electron chi connectivity index (χ2n) is 7.81. The zero-order valence-corrected chi connectivity index (χ0v) is 17.4. The van der Waals surface area contributed by atoms with E-state index in [1.807, 2.05) is 30.3 Å². The van der Waals surface area contributed by atoms with Crippen molar-refractivity contribution in [3.8, 4) is 0 Å². The molecule has 1 aromatic rings. The monoisotopic (exact) mass is 390 g/mol. The molecule has 1 aliphatic rings. The Morgan fingerprint density at radius 1 is 1.07 bits per heavy atom. The van der Waals surface area contributed by atoms with Gasteiger partial charge in [-0.3, -0.25) is 9.69 Å². The number of benzene rings is 1. The number of nitrogens with one attached hydrogen (secondary N) is 1. The van der Waals surface area contributed by atoms with Gasteiger partial charge < -0.3 is 15.2 Å². The van der Waals surface area contributed by atoms with Gasteiger partial charge in [-0.05, 0) is 12.0 Å². The van der Waals surface area contributed by atoms with Crippen LogP contribution in [0, 0.1) is 0 Å². The highest BCUT2D eigenvalue weighted by molar-refractivity contribution is 5.76. The molecule has 1 fully saturated rings. The summed E-state index contributed by atoms with van der Waals surface area (Å²) in [7, 11) is 0. The van der Waals surface area contributed by atoms with Crippen molar-refractivity contribution >= 4 is 5.91 Å². The summed E-state index contributed by atoms with van der Waals surface area (Å²) in [6, 6.07) is 9.30. The summed E-state index contributed by atoms with van der Waals surface area (Å²) in [5.74, 6) is 0.0433. The fraction of sp³-hybridized carbons (Fsp3) is 0.696. The number of hydrogen-bond donors (Lipinski definition) is 2. The van der Waals surface area contributed by atoms with Crippen LogP contribution in [0.4, 0.5) is 0 Å². The van der Waals surface area contributed by atoms with E-state index in [0.717, 1.165) is 31.5 Å². The lowest BCUT2D eigenvalue weighted by Crippen LogP contribution is -2.49. The lowest BCUT2D eigenvalue weighted by molar-refractivity contribution is -0.123. The van der Waals surface area contributed by atoms with Crippen LogP contribution in [0.5, 0.6) is 0 Å². The first-order valence-electron chi connectivity index (χ1n) is 11.0. The number of ether oxygens (including phenoxy) is 1. The van der Waals surface area contributed by atoms with Crippen LogP contribution in [-0.2, 0) is 9.53 Å². The number of aliphatic hydroxyl groups excluding tert-OH is 1. The van der Waals surface area contributed by atoms with Crippen LogP contribution in [0.2, 0.25) is 0 Å². The highest BCUT2D eigenvalue weighted by atomic mass is 16.5. The van der Waals surface area contributed by atoms with Crippen LogP contribution >= 0.6 is 0 Å². The van der Waals surface area contributed by atoms with Gasteiger partial charge in [0, 0.05) is 26.1 Å². The molecule has 0 unspecified atom stereocenters. The number of amides is 1. The van der Waals surface area contributed by atoms with E-state index in [1.54, 1.807) is 0 Å². The van der Waals surface area contributed by atoms with Crippen LogP contribution in [0.25, 0.3) is 0 Å².